The van der Waals surface area contributed by atoms with E-state index in [4.69, 9.17) is 4.74 Å². The summed E-state index contributed by atoms with van der Waals surface area (Å²) >= 11 is 1.37. The summed E-state index contributed by atoms with van der Waals surface area (Å²) in [6.45, 7) is 3.74. The van der Waals surface area contributed by atoms with Gasteiger partial charge in [-0.2, -0.15) is 0 Å². The molecule has 0 spiro atoms. The lowest BCUT2D eigenvalue weighted by molar-refractivity contribution is -0.127. The zero-order chi connectivity index (χ0) is 25.1. The fourth-order valence-corrected chi connectivity index (χ4v) is 6.74. The maximum Gasteiger partial charge on any atom is 0.274 e. The number of nitrogens with one attached hydrogen (secondary N) is 2. The van der Waals surface area contributed by atoms with Crippen LogP contribution in [0.25, 0.3) is 21.3 Å². The molecule has 4 heterocycles. The van der Waals surface area contributed by atoms with Crippen molar-refractivity contribution in [2.75, 3.05) is 27.0 Å². The number of thiophene rings is 1. The van der Waals surface area contributed by atoms with E-state index in [1.165, 1.54) is 15.9 Å². The molecule has 0 aromatic carbocycles. The Balaban J connectivity index is 1.58. The SMILES string of the molecule is CN1C(=O)CCC1COc1cc(P(C)(C)=O)sc1-c1cn(C)c(=O)c2[nH]c(C(=O)NC3CC3)cc12. The molecule has 3 aromatic rings. The molecule has 3 aromatic heterocycles. The number of H-pyrrole nitrogens is 1. The molecule has 1 unspecified atom stereocenters. The van der Waals surface area contributed by atoms with E-state index in [1.54, 1.807) is 44.6 Å². The van der Waals surface area contributed by atoms with Gasteiger partial charge >= 0.3 is 0 Å². The van der Waals surface area contributed by atoms with Gasteiger partial charge < -0.3 is 29.1 Å². The van der Waals surface area contributed by atoms with Crippen LogP contribution < -0.4 is 20.2 Å². The van der Waals surface area contributed by atoms with E-state index in [0.29, 0.717) is 40.0 Å². The Hall–Kier alpha value is -2.84. The second-order valence-electron chi connectivity index (χ2n) is 9.82. The van der Waals surface area contributed by atoms with E-state index in [2.05, 4.69) is 10.3 Å². The number of likely N-dealkylation sites (tertiary alicyclic amines) is 1. The summed E-state index contributed by atoms with van der Waals surface area (Å²) in [4.78, 5) is 43.0. The van der Waals surface area contributed by atoms with Crippen molar-refractivity contribution in [3.05, 3.63) is 34.4 Å². The smallest absolute Gasteiger partial charge is 0.274 e. The number of amides is 2. The van der Waals surface area contributed by atoms with Gasteiger partial charge in [0.05, 0.1) is 15.5 Å². The quantitative estimate of drug-likeness (QED) is 0.469. The lowest BCUT2D eigenvalue weighted by Gasteiger charge is -2.20. The molecule has 35 heavy (non-hydrogen) atoms. The number of aromatic amines is 1. The van der Waals surface area contributed by atoms with Crippen molar-refractivity contribution >= 4 is 45.8 Å². The number of rotatable bonds is 7. The highest BCUT2D eigenvalue weighted by atomic mass is 32.1. The highest BCUT2D eigenvalue weighted by Gasteiger charge is 2.30. The van der Waals surface area contributed by atoms with Gasteiger partial charge in [-0.05, 0) is 38.7 Å². The van der Waals surface area contributed by atoms with Crippen molar-refractivity contribution < 1.29 is 18.9 Å². The molecular weight excluding hydrogens is 487 g/mol. The molecule has 9 nitrogen and oxygen atoms in total. The van der Waals surface area contributed by atoms with Gasteiger partial charge in [0.2, 0.25) is 5.91 Å². The Morgan fingerprint density at radius 2 is 1.97 bits per heavy atom. The third-order valence-corrected chi connectivity index (χ3v) is 10.4. The van der Waals surface area contributed by atoms with E-state index in [1.807, 2.05) is 6.07 Å². The summed E-state index contributed by atoms with van der Waals surface area (Å²) in [7, 11) is 0.856. The minimum Gasteiger partial charge on any atom is -0.490 e. The third kappa shape index (κ3) is 4.57. The molecule has 1 aliphatic carbocycles. The Morgan fingerprint density at radius 1 is 1.23 bits per heavy atom. The van der Waals surface area contributed by atoms with Crippen LogP contribution >= 0.6 is 18.5 Å². The molecule has 11 heteroatoms. The van der Waals surface area contributed by atoms with Gasteiger partial charge in [-0.15, -0.1) is 11.3 Å². The number of carbonyl (C=O) groups excluding carboxylic acids is 2. The molecule has 5 rings (SSSR count). The number of hydrogen-bond acceptors (Lipinski definition) is 6. The summed E-state index contributed by atoms with van der Waals surface area (Å²) in [5.41, 5.74) is 1.15. The van der Waals surface area contributed by atoms with Crippen molar-refractivity contribution in [2.45, 2.75) is 37.8 Å². The van der Waals surface area contributed by atoms with Crippen molar-refractivity contribution in [1.82, 2.24) is 19.8 Å². The molecule has 1 aliphatic heterocycles. The Labute approximate surface area is 206 Å². The predicted molar refractivity (Wildman–Crippen MR) is 138 cm³/mol. The first-order valence-corrected chi connectivity index (χ1v) is 15.1. The summed E-state index contributed by atoms with van der Waals surface area (Å²) in [6.07, 6.45) is 4.89. The number of carbonyl (C=O) groups is 2. The molecule has 0 radical (unpaired) electrons. The van der Waals surface area contributed by atoms with Gasteiger partial charge in [0.1, 0.15) is 30.7 Å². The van der Waals surface area contributed by atoms with Gasteiger partial charge in [-0.3, -0.25) is 14.4 Å². The monoisotopic (exact) mass is 516 g/mol. The van der Waals surface area contributed by atoms with Gasteiger partial charge in [-0.25, -0.2) is 0 Å². The van der Waals surface area contributed by atoms with E-state index in [9.17, 15) is 18.9 Å². The zero-order valence-corrected chi connectivity index (χ0v) is 21.9. The van der Waals surface area contributed by atoms with Gasteiger partial charge in [0.15, 0.2) is 0 Å². The highest BCUT2D eigenvalue weighted by molar-refractivity contribution is 7.75. The largest absolute Gasteiger partial charge is 0.490 e. The molecule has 2 N–H and O–H groups in total. The normalized spacial score (nSPS) is 18.5. The molecule has 1 atom stereocenters. The molecular formula is C24H29N4O5PS. The highest BCUT2D eigenvalue weighted by Crippen LogP contribution is 2.46. The first-order chi connectivity index (χ1) is 16.5. The number of aromatic nitrogens is 2. The summed E-state index contributed by atoms with van der Waals surface area (Å²) < 4.78 is 21.3. The van der Waals surface area contributed by atoms with Crippen LogP contribution in [0, 0.1) is 0 Å². The van der Waals surface area contributed by atoms with Crippen LogP contribution in [0.5, 0.6) is 5.75 Å². The average Bonchev–Trinajstić information content (AvgIpc) is 3.19. The van der Waals surface area contributed by atoms with Crippen LogP contribution in [0.1, 0.15) is 36.2 Å². The molecule has 0 bridgehead atoms. The van der Waals surface area contributed by atoms with Crippen molar-refractivity contribution in [1.29, 1.82) is 0 Å². The number of ether oxygens (including phenoxy) is 1. The van der Waals surface area contributed by atoms with Crippen molar-refractivity contribution in [3.63, 3.8) is 0 Å². The topological polar surface area (TPSA) is 114 Å². The van der Waals surface area contributed by atoms with Crippen LogP contribution in [0.15, 0.2) is 23.1 Å². The fraction of sp³-hybridized carbons (Fsp3) is 0.458. The number of fused-ring (bicyclic) bond motifs is 1. The molecule has 1 saturated heterocycles. The number of pyridine rings is 1. The summed E-state index contributed by atoms with van der Waals surface area (Å²) in [5, 5.41) is 3.56. The van der Waals surface area contributed by atoms with Gasteiger partial charge in [-0.1, -0.05) is 0 Å². The van der Waals surface area contributed by atoms with Crippen molar-refractivity contribution in [3.8, 4) is 16.2 Å². The lowest BCUT2D eigenvalue weighted by Crippen LogP contribution is -2.33. The number of likely N-dealkylation sites (N-methyl/N-ethyl adjacent to an activating group) is 1. The molecule has 2 fully saturated rings. The lowest BCUT2D eigenvalue weighted by atomic mass is 10.1. The maximum atomic E-state index is 12.9. The third-order valence-electron chi connectivity index (χ3n) is 6.65. The van der Waals surface area contributed by atoms with E-state index in [-0.39, 0.29) is 29.5 Å². The first kappa shape index (κ1) is 23.9. The molecule has 1 saturated carbocycles. The van der Waals surface area contributed by atoms with E-state index >= 15 is 0 Å². The Kier molecular flexibility index (Phi) is 5.92. The predicted octanol–water partition coefficient (Wildman–Crippen LogP) is 2.73. The molecule has 2 amide bonds. The number of aryl methyl sites for hydroxylation is 1. The Morgan fingerprint density at radius 3 is 2.60 bits per heavy atom. The molecule has 2 aliphatic rings. The second-order valence-corrected chi connectivity index (χ2v) is 14.4. The fourth-order valence-electron chi connectivity index (χ4n) is 4.30. The summed E-state index contributed by atoms with van der Waals surface area (Å²) in [5.74, 6) is 0.424. The van der Waals surface area contributed by atoms with Crippen LogP contribution in [-0.4, -0.2) is 65.3 Å². The summed E-state index contributed by atoms with van der Waals surface area (Å²) in [6, 6.07) is 3.68. The van der Waals surface area contributed by atoms with Gasteiger partial charge in [0, 0.05) is 49.8 Å². The minimum atomic E-state index is -2.58. The van der Waals surface area contributed by atoms with Crippen LogP contribution in [0.4, 0.5) is 0 Å². The van der Waals surface area contributed by atoms with E-state index < -0.39 is 7.14 Å². The van der Waals surface area contributed by atoms with Crippen LogP contribution in [0.3, 0.4) is 0 Å². The molecule has 186 valence electrons. The van der Waals surface area contributed by atoms with Crippen LogP contribution in [0.2, 0.25) is 0 Å². The average molecular weight is 517 g/mol. The standard InChI is InChI=1S/C24H29N4O5PS/c1-27-11-16(15-9-17(26-21(15)24(27)31)23(30)25-13-5-6-13)22-18(10-20(35-22)34(3,4)32)33-12-14-7-8-19(29)28(14)2/h9-11,13-14,26H,5-8,12H2,1-4H3,(H,25,30). The van der Waals surface area contributed by atoms with Crippen LogP contribution in [-0.2, 0) is 16.4 Å². The maximum absolute atomic E-state index is 12.9. The van der Waals surface area contributed by atoms with Crippen molar-refractivity contribution in [2.24, 2.45) is 7.05 Å². The number of nitrogens with zero attached hydrogens (tertiary/aromatic N) is 2. The minimum absolute atomic E-state index is 0.0288. The number of hydrogen-bond donors (Lipinski definition) is 2. The second kappa shape index (κ2) is 8.68. The van der Waals surface area contributed by atoms with Gasteiger partial charge in [0.25, 0.3) is 11.5 Å². The zero-order valence-electron chi connectivity index (χ0n) is 20.2. The van der Waals surface area contributed by atoms with E-state index in [0.717, 1.165) is 29.7 Å². The first-order valence-electron chi connectivity index (χ1n) is 11.6. The Bertz CT molecular complexity index is 1440.